The molecule has 0 aliphatic heterocycles. The van der Waals surface area contributed by atoms with Crippen LogP contribution >= 0.6 is 0 Å². The van der Waals surface area contributed by atoms with Crippen LogP contribution in [0.4, 0.5) is 4.79 Å². The number of hydrogen-bond acceptors (Lipinski definition) is 6. The Kier molecular flexibility index (Phi) is 8.15. The first kappa shape index (κ1) is 22.2. The predicted molar refractivity (Wildman–Crippen MR) is 109 cm³/mol. The largest absolute Gasteiger partial charge is 0.497 e. The van der Waals surface area contributed by atoms with Crippen molar-refractivity contribution in [3.63, 3.8) is 0 Å². The highest BCUT2D eigenvalue weighted by atomic mass is 16.5. The molecule has 8 heteroatoms. The van der Waals surface area contributed by atoms with E-state index in [1.54, 1.807) is 67.6 Å². The summed E-state index contributed by atoms with van der Waals surface area (Å²) < 4.78 is 10.4. The summed E-state index contributed by atoms with van der Waals surface area (Å²) in [7, 11) is 1.53. The van der Waals surface area contributed by atoms with Crippen LogP contribution in [0.25, 0.3) is 6.08 Å². The van der Waals surface area contributed by atoms with Crippen LogP contribution in [-0.2, 0) is 14.3 Å². The summed E-state index contributed by atoms with van der Waals surface area (Å²) >= 11 is 0. The van der Waals surface area contributed by atoms with Crippen molar-refractivity contribution in [2.75, 3.05) is 13.7 Å². The summed E-state index contributed by atoms with van der Waals surface area (Å²) in [5.41, 5.74) is 0.633. The van der Waals surface area contributed by atoms with Crippen molar-refractivity contribution < 1.29 is 23.9 Å². The first-order valence-electron chi connectivity index (χ1n) is 9.09. The van der Waals surface area contributed by atoms with E-state index < -0.39 is 24.0 Å². The number of carbonyl (C=O) groups is 3. The van der Waals surface area contributed by atoms with E-state index in [-0.39, 0.29) is 5.57 Å². The number of hydrogen-bond donors (Lipinski definition) is 2. The molecule has 2 rings (SSSR count). The zero-order valence-electron chi connectivity index (χ0n) is 16.5. The lowest BCUT2D eigenvalue weighted by molar-refractivity contribution is -0.152. The van der Waals surface area contributed by atoms with Crippen LogP contribution in [0.5, 0.6) is 5.75 Å². The molecule has 0 saturated carbocycles. The average Bonchev–Trinajstić information content (AvgIpc) is 2.76. The average molecular weight is 407 g/mol. The Morgan fingerprint density at radius 1 is 1.10 bits per heavy atom. The van der Waals surface area contributed by atoms with Gasteiger partial charge in [-0.2, -0.15) is 5.26 Å². The number of imide groups is 1. The number of carbonyl (C=O) groups excluding carboxylic acids is 3. The molecule has 3 amide bonds. The first-order chi connectivity index (χ1) is 14.5. The highest BCUT2D eigenvalue weighted by Crippen LogP contribution is 2.20. The monoisotopic (exact) mass is 407 g/mol. The number of amides is 3. The lowest BCUT2D eigenvalue weighted by atomic mass is 10.1. The second-order valence-electron chi connectivity index (χ2n) is 5.99. The Labute approximate surface area is 174 Å². The minimum atomic E-state index is -1.41. The molecule has 0 saturated heterocycles. The van der Waals surface area contributed by atoms with E-state index in [4.69, 9.17) is 9.47 Å². The highest BCUT2D eigenvalue weighted by molar-refractivity contribution is 6.01. The van der Waals surface area contributed by atoms with Gasteiger partial charge in [-0.05, 0) is 30.7 Å². The number of benzene rings is 2. The van der Waals surface area contributed by atoms with Crippen molar-refractivity contribution >= 4 is 24.0 Å². The number of nitrogens with zero attached hydrogens (tertiary/aromatic N) is 1. The van der Waals surface area contributed by atoms with Gasteiger partial charge >= 0.3 is 12.0 Å². The fraction of sp³-hybridized carbons (Fsp3) is 0.182. The van der Waals surface area contributed by atoms with E-state index >= 15 is 0 Å². The van der Waals surface area contributed by atoms with Gasteiger partial charge in [0, 0.05) is 12.1 Å². The van der Waals surface area contributed by atoms with Crippen molar-refractivity contribution in [3.05, 3.63) is 71.3 Å². The number of ether oxygens (including phenoxy) is 2. The first-order valence-corrected chi connectivity index (χ1v) is 9.09. The lowest BCUT2D eigenvalue weighted by Crippen LogP contribution is -2.42. The number of esters is 1. The van der Waals surface area contributed by atoms with E-state index in [0.717, 1.165) is 0 Å². The van der Waals surface area contributed by atoms with Gasteiger partial charge in [-0.25, -0.2) is 9.59 Å². The van der Waals surface area contributed by atoms with E-state index in [2.05, 4.69) is 10.6 Å². The third-order valence-corrected chi connectivity index (χ3v) is 3.91. The molecule has 0 fully saturated rings. The molecule has 2 aromatic rings. The van der Waals surface area contributed by atoms with Crippen LogP contribution in [0.2, 0.25) is 0 Å². The third-order valence-electron chi connectivity index (χ3n) is 3.91. The van der Waals surface area contributed by atoms with Gasteiger partial charge in [0.05, 0.1) is 7.11 Å². The molecule has 0 unspecified atom stereocenters. The van der Waals surface area contributed by atoms with Crippen LogP contribution in [0, 0.1) is 11.3 Å². The molecular formula is C22H21N3O5. The van der Waals surface area contributed by atoms with E-state index in [0.29, 0.717) is 23.4 Å². The smallest absolute Gasteiger partial charge is 0.350 e. The Hall–Kier alpha value is -4.12. The third kappa shape index (κ3) is 6.21. The Morgan fingerprint density at radius 3 is 2.33 bits per heavy atom. The van der Waals surface area contributed by atoms with Gasteiger partial charge < -0.3 is 14.8 Å². The summed E-state index contributed by atoms with van der Waals surface area (Å²) in [5, 5.41) is 13.9. The molecular weight excluding hydrogens is 386 g/mol. The van der Waals surface area contributed by atoms with Crippen molar-refractivity contribution in [1.29, 1.82) is 5.26 Å². The van der Waals surface area contributed by atoms with Gasteiger partial charge in [0.15, 0.2) is 0 Å². The van der Waals surface area contributed by atoms with Crippen molar-refractivity contribution in [3.8, 4) is 11.8 Å². The molecule has 0 heterocycles. The standard InChI is InChI=1S/C22H21N3O5/c1-3-24-22(28)25-20(26)19(16-7-5-4-6-8-16)30-21(27)17(14-23)13-15-9-11-18(29-2)12-10-15/h4-13,19H,3H2,1-2H3,(H2,24,25,26,28)/b17-13+/t19-/m0/s1. The number of nitrogens with one attached hydrogen (secondary N) is 2. The minimum absolute atomic E-state index is 0.299. The van der Waals surface area contributed by atoms with Gasteiger partial charge in [0.2, 0.25) is 6.10 Å². The minimum Gasteiger partial charge on any atom is -0.497 e. The summed E-state index contributed by atoms with van der Waals surface area (Å²) in [5.74, 6) is -1.20. The Bertz CT molecular complexity index is 963. The summed E-state index contributed by atoms with van der Waals surface area (Å²) in [4.78, 5) is 36.8. The molecule has 0 bridgehead atoms. The fourth-order valence-electron chi connectivity index (χ4n) is 2.46. The molecule has 2 aromatic carbocycles. The van der Waals surface area contributed by atoms with Gasteiger partial charge in [-0.1, -0.05) is 42.5 Å². The van der Waals surface area contributed by atoms with Gasteiger partial charge in [0.25, 0.3) is 5.91 Å². The number of urea groups is 1. The van der Waals surface area contributed by atoms with Gasteiger partial charge in [0.1, 0.15) is 17.4 Å². The predicted octanol–water partition coefficient (Wildman–Crippen LogP) is 2.73. The van der Waals surface area contributed by atoms with Crippen LogP contribution in [0.3, 0.4) is 0 Å². The van der Waals surface area contributed by atoms with Crippen LogP contribution in [0.1, 0.15) is 24.2 Å². The second kappa shape index (κ2) is 11.0. The molecule has 0 aliphatic rings. The molecule has 0 aromatic heterocycles. The zero-order valence-corrected chi connectivity index (χ0v) is 16.5. The Morgan fingerprint density at radius 2 is 1.77 bits per heavy atom. The molecule has 30 heavy (non-hydrogen) atoms. The van der Waals surface area contributed by atoms with Crippen molar-refractivity contribution in [1.82, 2.24) is 10.6 Å². The molecule has 2 N–H and O–H groups in total. The second-order valence-corrected chi connectivity index (χ2v) is 5.99. The quantitative estimate of drug-likeness (QED) is 0.414. The lowest BCUT2D eigenvalue weighted by Gasteiger charge is -2.17. The Balaban J connectivity index is 2.25. The van der Waals surface area contributed by atoms with Crippen molar-refractivity contribution in [2.24, 2.45) is 0 Å². The molecule has 0 spiro atoms. The molecule has 0 radical (unpaired) electrons. The number of rotatable bonds is 7. The van der Waals surface area contributed by atoms with E-state index in [9.17, 15) is 19.6 Å². The van der Waals surface area contributed by atoms with Crippen LogP contribution in [-0.4, -0.2) is 31.6 Å². The fourth-order valence-corrected chi connectivity index (χ4v) is 2.46. The molecule has 8 nitrogen and oxygen atoms in total. The molecule has 0 aliphatic carbocycles. The SMILES string of the molecule is CCNC(=O)NC(=O)[C@@H](OC(=O)/C(C#N)=C/c1ccc(OC)cc1)c1ccccc1. The molecule has 154 valence electrons. The maximum atomic E-state index is 12.6. The summed E-state index contributed by atoms with van der Waals surface area (Å²) in [6.07, 6.45) is -0.0696. The summed E-state index contributed by atoms with van der Waals surface area (Å²) in [6, 6.07) is 16.0. The zero-order chi connectivity index (χ0) is 21.9. The highest BCUT2D eigenvalue weighted by Gasteiger charge is 2.27. The maximum absolute atomic E-state index is 12.6. The summed E-state index contributed by atoms with van der Waals surface area (Å²) in [6.45, 7) is 2.01. The van der Waals surface area contributed by atoms with E-state index in [1.165, 1.54) is 13.2 Å². The van der Waals surface area contributed by atoms with Gasteiger partial charge in [-0.3, -0.25) is 10.1 Å². The molecule has 1 atom stereocenters. The normalized spacial score (nSPS) is 11.6. The van der Waals surface area contributed by atoms with Gasteiger partial charge in [-0.15, -0.1) is 0 Å². The van der Waals surface area contributed by atoms with Crippen molar-refractivity contribution in [2.45, 2.75) is 13.0 Å². The topological polar surface area (TPSA) is 118 Å². The number of methoxy groups -OCH3 is 1. The number of nitriles is 1. The van der Waals surface area contributed by atoms with E-state index in [1.807, 2.05) is 0 Å². The van der Waals surface area contributed by atoms with Crippen LogP contribution in [0.15, 0.2) is 60.2 Å². The van der Waals surface area contributed by atoms with Crippen LogP contribution < -0.4 is 15.4 Å². The maximum Gasteiger partial charge on any atom is 0.350 e.